The second-order valence-electron chi connectivity index (χ2n) is 10.4. The quantitative estimate of drug-likeness (QED) is 0.433. The van der Waals surface area contributed by atoms with Crippen molar-refractivity contribution in [2.45, 2.75) is 50.1 Å². The number of nitriles is 1. The van der Waals surface area contributed by atoms with Crippen molar-refractivity contribution >= 4 is 46.6 Å². The molecule has 2 aromatic rings. The summed E-state index contributed by atoms with van der Waals surface area (Å²) in [6.45, 7) is 2.96. The molecule has 4 unspecified atom stereocenters. The molecule has 7 nitrogen and oxygen atoms in total. The van der Waals surface area contributed by atoms with E-state index >= 15 is 0 Å². The van der Waals surface area contributed by atoms with Crippen LogP contribution in [-0.2, 0) is 15.0 Å². The van der Waals surface area contributed by atoms with Crippen molar-refractivity contribution < 1.29 is 18.9 Å². The molecular weight excluding hydrogens is 499 g/mol. The summed E-state index contributed by atoms with van der Waals surface area (Å²) in [5.74, 6) is -0.261. The number of hydrogen-bond acceptors (Lipinski definition) is 5. The van der Waals surface area contributed by atoms with Crippen LogP contribution in [0.5, 0.6) is 0 Å². The number of piperazine rings is 1. The van der Waals surface area contributed by atoms with E-state index in [0.29, 0.717) is 36.0 Å². The Kier molecular flexibility index (Phi) is 5.33. The maximum atomic E-state index is 14.5. The van der Waals surface area contributed by atoms with Crippen LogP contribution in [0.25, 0.3) is 0 Å². The molecule has 2 aromatic carbocycles. The van der Waals surface area contributed by atoms with E-state index in [-0.39, 0.29) is 32.8 Å². The van der Waals surface area contributed by atoms with E-state index in [1.54, 1.807) is 13.0 Å². The topological polar surface area (TPSA) is 81.5 Å². The van der Waals surface area contributed by atoms with E-state index in [0.717, 1.165) is 31.2 Å². The number of fused-ring (bicyclic) bond motifs is 1. The van der Waals surface area contributed by atoms with Gasteiger partial charge in [0.25, 0.3) is 5.91 Å². The molecule has 4 fully saturated rings. The molecule has 1 saturated carbocycles. The molecule has 2 bridgehead atoms. The van der Waals surface area contributed by atoms with Gasteiger partial charge >= 0.3 is 6.03 Å². The molecule has 9 heteroatoms. The third kappa shape index (κ3) is 2.96. The first-order valence-corrected chi connectivity index (χ1v) is 13.0. The Labute approximate surface area is 219 Å². The Balaban J connectivity index is 1.42. The van der Waals surface area contributed by atoms with Crippen LogP contribution >= 0.6 is 23.2 Å². The van der Waals surface area contributed by atoms with Crippen molar-refractivity contribution in [2.24, 2.45) is 0 Å². The largest absolute Gasteiger partial charge is 0.433 e. The fraction of sp³-hybridized carbons (Fsp3) is 0.407. The van der Waals surface area contributed by atoms with Crippen LogP contribution in [0, 0.1) is 18.3 Å². The lowest BCUT2D eigenvalue weighted by Gasteiger charge is -2.38. The number of quaternary nitrogens is 1. The van der Waals surface area contributed by atoms with Gasteiger partial charge in [-0.25, -0.2) is 14.2 Å². The average Bonchev–Trinajstić information content (AvgIpc) is 3.64. The fourth-order valence-corrected chi connectivity index (χ4v) is 7.34. The number of urea groups is 1. The lowest BCUT2D eigenvalue weighted by molar-refractivity contribution is -0.853. The maximum absolute atomic E-state index is 14.5. The van der Waals surface area contributed by atoms with E-state index in [4.69, 9.17) is 23.2 Å². The zero-order valence-corrected chi connectivity index (χ0v) is 21.3. The zero-order chi connectivity index (χ0) is 25.4. The van der Waals surface area contributed by atoms with E-state index in [9.17, 15) is 19.6 Å². The maximum Gasteiger partial charge on any atom is 0.433 e. The summed E-state index contributed by atoms with van der Waals surface area (Å²) < 4.78 is -0.177. The number of halogens is 2. The van der Waals surface area contributed by atoms with Crippen LogP contribution in [0.4, 0.5) is 10.5 Å². The first kappa shape index (κ1) is 23.6. The summed E-state index contributed by atoms with van der Waals surface area (Å²) in [4.78, 5) is 45.6. The molecule has 3 aliphatic heterocycles. The van der Waals surface area contributed by atoms with E-state index in [2.05, 4.69) is 4.90 Å². The first-order valence-electron chi connectivity index (χ1n) is 12.2. The fourth-order valence-electron chi connectivity index (χ4n) is 7.01. The van der Waals surface area contributed by atoms with Gasteiger partial charge < -0.3 is 0 Å². The first-order chi connectivity index (χ1) is 17.2. The van der Waals surface area contributed by atoms with Gasteiger partial charge in [-0.3, -0.25) is 9.59 Å². The van der Waals surface area contributed by atoms with Crippen LogP contribution in [0.1, 0.15) is 42.4 Å². The van der Waals surface area contributed by atoms with Crippen LogP contribution in [-0.4, -0.2) is 58.9 Å². The van der Waals surface area contributed by atoms with Crippen molar-refractivity contribution in [1.82, 2.24) is 4.90 Å². The Morgan fingerprint density at radius 2 is 1.78 bits per heavy atom. The molecule has 6 rings (SSSR count). The average molecular weight is 524 g/mol. The van der Waals surface area contributed by atoms with Gasteiger partial charge in [0.05, 0.1) is 34.8 Å². The van der Waals surface area contributed by atoms with Crippen LogP contribution in [0.15, 0.2) is 36.4 Å². The van der Waals surface area contributed by atoms with Gasteiger partial charge in [-0.15, -0.1) is 0 Å². The number of benzene rings is 2. The molecule has 184 valence electrons. The summed E-state index contributed by atoms with van der Waals surface area (Å²) in [5.41, 5.74) is 1.43. The third-order valence-corrected chi connectivity index (χ3v) is 9.55. The highest BCUT2D eigenvalue weighted by Gasteiger charge is 2.74. The molecular formula is C27H25Cl2N4O3+. The second-order valence-corrected chi connectivity index (χ2v) is 11.3. The molecule has 3 heterocycles. The monoisotopic (exact) mass is 523 g/mol. The highest BCUT2D eigenvalue weighted by atomic mass is 35.5. The second kappa shape index (κ2) is 8.12. The lowest BCUT2D eigenvalue weighted by atomic mass is 9.72. The zero-order valence-electron chi connectivity index (χ0n) is 19.8. The molecule has 4 aliphatic rings. The van der Waals surface area contributed by atoms with E-state index < -0.39 is 17.5 Å². The Bertz CT molecular complexity index is 1360. The van der Waals surface area contributed by atoms with Gasteiger partial charge in [0.2, 0.25) is 5.78 Å². The lowest BCUT2D eigenvalue weighted by Crippen LogP contribution is -2.65. The summed E-state index contributed by atoms with van der Waals surface area (Å²) in [6, 6.07) is 11.0. The Morgan fingerprint density at radius 3 is 2.44 bits per heavy atom. The predicted molar refractivity (Wildman–Crippen MR) is 135 cm³/mol. The minimum Gasteiger partial charge on any atom is -0.292 e. The number of imide groups is 1. The molecule has 0 aromatic heterocycles. The molecule has 3 amide bonds. The number of ketones is 1. The SMILES string of the molecule is Cc1c(N2C(=O)C3CN4CC(C(=O)C5(c6ccc(Cl)cc6)CCCC5)[N+]3(C4)C2=O)ccc(C#N)c1Cl. The Hall–Kier alpha value is -2.76. The number of anilines is 1. The smallest absolute Gasteiger partial charge is 0.292 e. The Morgan fingerprint density at radius 1 is 1.08 bits per heavy atom. The van der Waals surface area contributed by atoms with Crippen molar-refractivity contribution in [2.75, 3.05) is 24.7 Å². The van der Waals surface area contributed by atoms with Gasteiger partial charge in [0.15, 0.2) is 12.1 Å². The summed E-state index contributed by atoms with van der Waals surface area (Å²) in [6.07, 6.45) is 3.34. The number of Topliss-reactive ketones (excluding diaryl/α,β-unsaturated/α-hetero) is 1. The van der Waals surface area contributed by atoms with Crippen molar-refractivity contribution in [3.63, 3.8) is 0 Å². The number of nitrogens with zero attached hydrogens (tertiary/aromatic N) is 4. The molecule has 0 N–H and O–H groups in total. The van der Waals surface area contributed by atoms with Crippen LogP contribution in [0.3, 0.4) is 0 Å². The minimum absolute atomic E-state index is 0.0482. The normalized spacial score (nSPS) is 30.1. The summed E-state index contributed by atoms with van der Waals surface area (Å²) in [5, 5.41) is 10.2. The van der Waals surface area contributed by atoms with Crippen LogP contribution in [0.2, 0.25) is 10.0 Å². The highest BCUT2D eigenvalue weighted by molar-refractivity contribution is 6.33. The number of carbonyl (C=O) groups is 3. The molecule has 4 atom stereocenters. The molecule has 3 saturated heterocycles. The predicted octanol–water partition coefficient (Wildman–Crippen LogP) is 4.56. The van der Waals surface area contributed by atoms with Gasteiger partial charge in [-0.1, -0.05) is 48.2 Å². The molecule has 1 aliphatic carbocycles. The van der Waals surface area contributed by atoms with Crippen molar-refractivity contribution in [3.8, 4) is 6.07 Å². The molecule has 1 spiro atoms. The third-order valence-electron chi connectivity index (χ3n) is 8.81. The van der Waals surface area contributed by atoms with Gasteiger partial charge in [0, 0.05) is 5.02 Å². The number of amides is 3. The van der Waals surface area contributed by atoms with Crippen molar-refractivity contribution in [1.29, 1.82) is 5.26 Å². The highest BCUT2D eigenvalue weighted by Crippen LogP contribution is 2.50. The molecule has 36 heavy (non-hydrogen) atoms. The van der Waals surface area contributed by atoms with Crippen LogP contribution < -0.4 is 4.90 Å². The number of carbonyl (C=O) groups excluding carboxylic acids is 3. The van der Waals surface area contributed by atoms with Crippen molar-refractivity contribution in [3.05, 3.63) is 63.1 Å². The van der Waals surface area contributed by atoms with E-state index in [1.165, 1.54) is 11.0 Å². The van der Waals surface area contributed by atoms with Gasteiger partial charge in [0.1, 0.15) is 12.7 Å². The van der Waals surface area contributed by atoms with Gasteiger partial charge in [-0.2, -0.15) is 10.2 Å². The number of rotatable bonds is 4. The molecule has 0 radical (unpaired) electrons. The van der Waals surface area contributed by atoms with Gasteiger partial charge in [-0.05, 0) is 55.2 Å². The summed E-state index contributed by atoms with van der Waals surface area (Å²) >= 11 is 12.5. The standard InChI is InChI=1S/C27H25Cl2N4O3/c1-16-20(9-4-17(12-30)23(16)29)32-25(35)22-14-31-13-21(33(22,15-31)26(32)36)24(34)27(10-2-3-11-27)18-5-7-19(28)8-6-18/h4-9,21-22H,2-3,10-11,13-15H2,1H3/q+1. The minimum atomic E-state index is -0.678. The summed E-state index contributed by atoms with van der Waals surface area (Å²) in [7, 11) is 0. The van der Waals surface area contributed by atoms with E-state index in [1.807, 2.05) is 30.3 Å². The number of hydrogen-bond donors (Lipinski definition) is 0.